The van der Waals surface area contributed by atoms with E-state index in [1.54, 1.807) is 0 Å². The second-order valence-electron chi connectivity index (χ2n) is 2.69. The molecule has 0 aliphatic heterocycles. The molecule has 0 spiro atoms. The predicted octanol–water partition coefficient (Wildman–Crippen LogP) is -0.275. The van der Waals surface area contributed by atoms with Crippen LogP contribution in [0.3, 0.4) is 0 Å². The summed E-state index contributed by atoms with van der Waals surface area (Å²) < 4.78 is 38.4. The molecule has 1 aromatic heterocycles. The van der Waals surface area contributed by atoms with Gasteiger partial charge in [-0.3, -0.25) is 0 Å². The Balaban J connectivity index is 3.30. The first kappa shape index (κ1) is 11.0. The first-order valence-electron chi connectivity index (χ1n) is 3.58. The zero-order chi connectivity index (χ0) is 10.2. The molecule has 0 aliphatic carbocycles. The van der Waals surface area contributed by atoms with Gasteiger partial charge in [-0.2, -0.15) is 0 Å². The molecule has 0 radical (unpaired) electrons. The van der Waals surface area contributed by atoms with Crippen LogP contribution in [0.4, 0.5) is 13.2 Å². The van der Waals surface area contributed by atoms with E-state index in [1.165, 1.54) is 11.7 Å². The number of aryl methyl sites for hydroxylation is 1. The summed E-state index contributed by atoms with van der Waals surface area (Å²) in [7, 11) is 1.44. The molecular formula is C6H6F3N2NaO. The van der Waals surface area contributed by atoms with Gasteiger partial charge in [0.2, 0.25) is 0 Å². The Kier molecular flexibility index (Phi) is 3.06. The van der Waals surface area contributed by atoms with Gasteiger partial charge in [-0.05, 0) is 0 Å². The van der Waals surface area contributed by atoms with E-state index in [0.29, 0.717) is 30.9 Å². The standard InChI is InChI=1S/C6H6F3N2O.Na/c1-11-2-4(3-12)5(10-11)6(7,8)9;/h12H,3H2,1H3;. The molecule has 1 N–H and O–H groups in total. The fourth-order valence-electron chi connectivity index (χ4n) is 1.07. The first-order chi connectivity index (χ1) is 5.88. The summed E-state index contributed by atoms with van der Waals surface area (Å²) in [6, 6.07) is 0. The molecule has 0 aliphatic rings. The fraction of sp³-hybridized carbons (Fsp3) is 0.500. The summed E-state index contributed by atoms with van der Waals surface area (Å²) in [6.45, 7) is -0.610. The van der Waals surface area contributed by atoms with Gasteiger partial charge in [0, 0.05) is 0 Å². The van der Waals surface area contributed by atoms with Crippen LogP contribution in [0.15, 0.2) is 0 Å². The van der Waals surface area contributed by atoms with Gasteiger partial charge in [-0.1, -0.05) is 0 Å². The van der Waals surface area contributed by atoms with Crippen LogP contribution >= 0.6 is 0 Å². The van der Waals surface area contributed by atoms with Crippen LogP contribution < -0.4 is 2.94 Å². The van der Waals surface area contributed by atoms with Crippen molar-refractivity contribution >= 4 is 30.9 Å². The van der Waals surface area contributed by atoms with E-state index >= 15 is 0 Å². The van der Waals surface area contributed by atoms with Crippen LogP contribution in [-0.4, -0.2) is 42.8 Å². The quantitative estimate of drug-likeness (QED) is 0.636. The molecule has 7 heteroatoms. The van der Waals surface area contributed by atoms with E-state index in [4.69, 9.17) is 5.11 Å². The maximum absolute atomic E-state index is 12.3. The van der Waals surface area contributed by atoms with E-state index in [0.717, 1.165) is 0 Å². The molecule has 0 amide bonds. The minimum atomic E-state index is -4.47. The van der Waals surface area contributed by atoms with Crippen molar-refractivity contribution in [1.29, 1.82) is 0 Å². The van der Waals surface area contributed by atoms with Crippen molar-refractivity contribution in [3.63, 3.8) is 0 Å². The van der Waals surface area contributed by atoms with Crippen LogP contribution in [0.1, 0.15) is 11.3 Å². The Bertz CT molecular complexity index is 320. The predicted molar refractivity (Wildman–Crippen MR) is 39.5 cm³/mol. The average Bonchev–Trinajstić information content (AvgIpc) is 2.28. The molecule has 0 saturated carbocycles. The Morgan fingerprint density at radius 2 is 2.08 bits per heavy atom. The van der Waals surface area contributed by atoms with Crippen LogP contribution in [0.5, 0.6) is 0 Å². The Labute approximate surface area is 90.0 Å². The van der Waals surface area contributed by atoms with Crippen molar-refractivity contribution in [3.8, 4) is 0 Å². The summed E-state index contributed by atoms with van der Waals surface area (Å²) in [5.41, 5.74) is -1.07. The molecule has 0 unspecified atom stereocenters. The molecule has 13 heavy (non-hydrogen) atoms. The summed E-state index contributed by atoms with van der Waals surface area (Å²) in [5.74, 6) is 0. The maximum atomic E-state index is 12.3. The number of aliphatic hydroxyl groups excluding tert-OH is 1. The minimum absolute atomic E-state index is 0.0957. The van der Waals surface area contributed by atoms with Gasteiger partial charge in [0.15, 0.2) is 0 Å². The number of aromatic nitrogens is 2. The second-order valence-corrected chi connectivity index (χ2v) is 3.64. The second kappa shape index (κ2) is 3.61. The van der Waals surface area contributed by atoms with E-state index in [9.17, 15) is 13.2 Å². The van der Waals surface area contributed by atoms with Crippen molar-refractivity contribution in [2.45, 2.75) is 12.8 Å². The number of halogens is 3. The number of aliphatic hydroxyl groups is 1. The Morgan fingerprint density at radius 1 is 1.54 bits per heavy atom. The van der Waals surface area contributed by atoms with Gasteiger partial charge in [0.25, 0.3) is 0 Å². The molecule has 1 aromatic rings. The normalized spacial score (nSPS) is 12.2. The molecule has 1 heterocycles. The average molecular weight is 202 g/mol. The third-order valence-corrected chi connectivity index (χ3v) is 3.14. The Morgan fingerprint density at radius 3 is 2.38 bits per heavy atom. The number of hydrogen-bond acceptors (Lipinski definition) is 2. The van der Waals surface area contributed by atoms with E-state index in [2.05, 4.69) is 5.10 Å². The molecular weight excluding hydrogens is 196 g/mol. The number of hydrogen-bond donors (Lipinski definition) is 1. The van der Waals surface area contributed by atoms with Gasteiger partial charge in [0.1, 0.15) is 0 Å². The monoisotopic (exact) mass is 202 g/mol. The van der Waals surface area contributed by atoms with Crippen molar-refractivity contribution < 1.29 is 18.3 Å². The molecule has 0 saturated heterocycles. The molecule has 0 fully saturated rings. The summed E-state index contributed by atoms with van der Waals surface area (Å²) in [6.07, 6.45) is -4.47. The fourth-order valence-corrected chi connectivity index (χ4v) is 1.56. The Hall–Kier alpha value is -0.0400. The molecule has 0 bridgehead atoms. The van der Waals surface area contributed by atoms with Crippen molar-refractivity contribution in [2.24, 2.45) is 7.05 Å². The first-order valence-corrected chi connectivity index (χ1v) is 4.58. The number of rotatable bonds is 1. The van der Waals surface area contributed by atoms with Crippen molar-refractivity contribution in [1.82, 2.24) is 9.78 Å². The van der Waals surface area contributed by atoms with Crippen LogP contribution in [0.2, 0.25) is 0 Å². The molecule has 1 rings (SSSR count). The van der Waals surface area contributed by atoms with E-state index in [1.807, 2.05) is 0 Å². The topological polar surface area (TPSA) is 38.0 Å². The zero-order valence-corrected chi connectivity index (χ0v) is 9.18. The van der Waals surface area contributed by atoms with Gasteiger partial charge >= 0.3 is 90.0 Å². The molecule has 0 aromatic carbocycles. The number of nitrogens with zero attached hydrogens (tertiary/aromatic N) is 2. The van der Waals surface area contributed by atoms with Gasteiger partial charge < -0.3 is 0 Å². The summed E-state index contributed by atoms with van der Waals surface area (Å²) in [5, 5.41) is 12.1. The van der Waals surface area contributed by atoms with Crippen LogP contribution in [0, 0.1) is 0 Å². The number of alkyl halides is 3. The molecule has 3 nitrogen and oxygen atoms in total. The summed E-state index contributed by atoms with van der Waals surface area (Å²) >= 11 is 0.432. The van der Waals surface area contributed by atoms with Crippen LogP contribution in [-0.2, 0) is 19.8 Å². The van der Waals surface area contributed by atoms with Gasteiger partial charge in [-0.25, -0.2) is 0 Å². The third-order valence-electron chi connectivity index (χ3n) is 1.88. The SMILES string of the molecule is Cn1nc(C(F)(F)F)c(CO)[c]1[Na]. The van der Waals surface area contributed by atoms with Crippen LogP contribution in [0.25, 0.3) is 0 Å². The van der Waals surface area contributed by atoms with E-state index in [-0.39, 0.29) is 5.56 Å². The van der Waals surface area contributed by atoms with Gasteiger partial charge in [0.05, 0.1) is 0 Å². The van der Waals surface area contributed by atoms with Crippen molar-refractivity contribution in [2.75, 3.05) is 0 Å². The zero-order valence-electron chi connectivity index (χ0n) is 7.18. The van der Waals surface area contributed by atoms with Crippen molar-refractivity contribution in [3.05, 3.63) is 11.3 Å². The van der Waals surface area contributed by atoms with Gasteiger partial charge in [-0.15, -0.1) is 0 Å². The summed E-state index contributed by atoms with van der Waals surface area (Å²) in [4.78, 5) is 0. The molecule has 0 atom stereocenters. The molecule has 68 valence electrons. The third kappa shape index (κ3) is 2.07. The van der Waals surface area contributed by atoms with E-state index < -0.39 is 18.5 Å².